The van der Waals surface area contributed by atoms with Gasteiger partial charge in [0, 0.05) is 5.56 Å². The summed E-state index contributed by atoms with van der Waals surface area (Å²) in [6.07, 6.45) is -0.201. The molecule has 0 spiro atoms. The molecule has 2 amide bonds. The maximum Gasteiger partial charge on any atom is 0.323 e. The van der Waals surface area contributed by atoms with Crippen molar-refractivity contribution in [2.75, 3.05) is 13.1 Å². The van der Waals surface area contributed by atoms with Gasteiger partial charge in [-0.05, 0) is 6.07 Å². The number of aliphatic carboxylic acids is 1. The van der Waals surface area contributed by atoms with E-state index in [1.54, 1.807) is 12.1 Å². The summed E-state index contributed by atoms with van der Waals surface area (Å²) in [5, 5.41) is 18.2. The van der Waals surface area contributed by atoms with Crippen molar-refractivity contribution in [3.05, 3.63) is 29.8 Å². The third kappa shape index (κ3) is 4.66. The van der Waals surface area contributed by atoms with Crippen LogP contribution in [0.1, 0.15) is 5.56 Å². The number of benzene rings is 1. The highest BCUT2D eigenvalue weighted by molar-refractivity contribution is 5.88. The highest BCUT2D eigenvalue weighted by Gasteiger charge is 2.19. The number of aromatic hydroxyl groups is 1. The fourth-order valence-electron chi connectivity index (χ4n) is 1.52. The lowest BCUT2D eigenvalue weighted by molar-refractivity contribution is -0.145. The number of nitrogens with two attached hydrogens (primary N) is 1. The van der Waals surface area contributed by atoms with E-state index in [1.807, 2.05) is 0 Å². The summed E-state index contributed by atoms with van der Waals surface area (Å²) in [5.41, 5.74) is 5.31. The van der Waals surface area contributed by atoms with Crippen molar-refractivity contribution in [3.8, 4) is 5.75 Å². The number of carbonyl (C=O) groups is 3. The molecule has 0 unspecified atom stereocenters. The summed E-state index contributed by atoms with van der Waals surface area (Å²) in [7, 11) is 0. The van der Waals surface area contributed by atoms with Crippen molar-refractivity contribution in [2.45, 2.75) is 6.42 Å². The van der Waals surface area contributed by atoms with Crippen LogP contribution in [0, 0.1) is 0 Å². The minimum absolute atomic E-state index is 0.0646. The maximum atomic E-state index is 11.9. The smallest absolute Gasteiger partial charge is 0.323 e. The Bertz CT molecular complexity index is 485. The Labute approximate surface area is 109 Å². The van der Waals surface area contributed by atoms with Crippen molar-refractivity contribution in [2.24, 2.45) is 5.73 Å². The first-order valence-corrected chi connectivity index (χ1v) is 5.45. The molecule has 0 aliphatic rings. The van der Waals surface area contributed by atoms with E-state index in [-0.39, 0.29) is 12.2 Å². The number of amides is 2. The quantitative estimate of drug-likeness (QED) is 0.630. The zero-order valence-corrected chi connectivity index (χ0v) is 10.1. The van der Waals surface area contributed by atoms with Crippen molar-refractivity contribution < 1.29 is 24.6 Å². The Hall–Kier alpha value is -2.57. The second kappa shape index (κ2) is 6.39. The van der Waals surface area contributed by atoms with Gasteiger partial charge in [0.05, 0.1) is 13.0 Å². The zero-order valence-electron chi connectivity index (χ0n) is 10.1. The first-order valence-electron chi connectivity index (χ1n) is 5.45. The molecule has 0 saturated carbocycles. The van der Waals surface area contributed by atoms with Crippen LogP contribution in [0.2, 0.25) is 0 Å². The number of carbonyl (C=O) groups excluding carboxylic acids is 2. The van der Waals surface area contributed by atoms with Gasteiger partial charge in [-0.25, -0.2) is 0 Å². The number of rotatable bonds is 6. The lowest BCUT2D eigenvalue weighted by atomic mass is 10.1. The summed E-state index contributed by atoms with van der Waals surface area (Å²) < 4.78 is 0. The molecule has 0 atom stereocenters. The molecule has 0 heterocycles. The van der Waals surface area contributed by atoms with Crippen molar-refractivity contribution in [1.82, 2.24) is 4.90 Å². The standard InChI is InChI=1S/C12H14N2O5/c13-10(16)6-14(7-12(18)19)11(17)5-8-3-1-2-4-9(8)15/h1-4,15H,5-7H2,(H2,13,16)(H,18,19). The fraction of sp³-hybridized carbons (Fsp3) is 0.250. The first kappa shape index (κ1) is 14.5. The van der Waals surface area contributed by atoms with Crippen molar-refractivity contribution in [1.29, 1.82) is 0 Å². The third-order valence-corrected chi connectivity index (χ3v) is 2.36. The molecule has 7 nitrogen and oxygen atoms in total. The monoisotopic (exact) mass is 266 g/mol. The summed E-state index contributed by atoms with van der Waals surface area (Å²) in [6.45, 7) is -1.09. The summed E-state index contributed by atoms with van der Waals surface area (Å²) in [5.74, 6) is -2.70. The molecule has 0 aromatic heterocycles. The minimum Gasteiger partial charge on any atom is -0.508 e. The second-order valence-corrected chi connectivity index (χ2v) is 3.92. The molecule has 0 aliphatic heterocycles. The first-order chi connectivity index (χ1) is 8.90. The van der Waals surface area contributed by atoms with Gasteiger partial charge in [-0.1, -0.05) is 18.2 Å². The number of phenolic OH excluding ortho intramolecular Hbond substituents is 1. The van der Waals surface area contributed by atoms with Gasteiger partial charge in [0.25, 0.3) is 0 Å². The Morgan fingerprint density at radius 1 is 1.16 bits per heavy atom. The molecule has 0 aliphatic carbocycles. The van der Waals surface area contributed by atoms with Crippen LogP contribution in [0.3, 0.4) is 0 Å². The predicted molar refractivity (Wildman–Crippen MR) is 65.2 cm³/mol. The highest BCUT2D eigenvalue weighted by atomic mass is 16.4. The van der Waals surface area contributed by atoms with Crippen LogP contribution < -0.4 is 5.73 Å². The Morgan fingerprint density at radius 2 is 1.79 bits per heavy atom. The number of carboxylic acids is 1. The summed E-state index contributed by atoms with van der Waals surface area (Å²) in [4.78, 5) is 34.1. The van der Waals surface area contributed by atoms with E-state index in [2.05, 4.69) is 0 Å². The van der Waals surface area contributed by atoms with Crippen molar-refractivity contribution in [3.63, 3.8) is 0 Å². The molecule has 0 fully saturated rings. The molecule has 0 saturated heterocycles. The highest BCUT2D eigenvalue weighted by Crippen LogP contribution is 2.16. The van der Waals surface area contributed by atoms with Gasteiger partial charge in [-0.2, -0.15) is 0 Å². The topological polar surface area (TPSA) is 121 Å². The van der Waals surface area contributed by atoms with E-state index < -0.39 is 30.9 Å². The molecular formula is C12H14N2O5. The molecule has 1 aromatic rings. The van der Waals surface area contributed by atoms with Gasteiger partial charge in [0.15, 0.2) is 0 Å². The van der Waals surface area contributed by atoms with Gasteiger partial charge in [0.2, 0.25) is 11.8 Å². The zero-order chi connectivity index (χ0) is 14.4. The summed E-state index contributed by atoms with van der Waals surface area (Å²) in [6, 6.07) is 6.19. The number of carboxylic acid groups (broad SMARTS) is 1. The van der Waals surface area contributed by atoms with Crippen LogP contribution in [-0.4, -0.2) is 46.0 Å². The average Bonchev–Trinajstić information content (AvgIpc) is 2.30. The number of primary amides is 1. The van der Waals surface area contributed by atoms with E-state index >= 15 is 0 Å². The largest absolute Gasteiger partial charge is 0.508 e. The van der Waals surface area contributed by atoms with Gasteiger partial charge < -0.3 is 20.8 Å². The van der Waals surface area contributed by atoms with Gasteiger partial charge in [-0.3, -0.25) is 14.4 Å². The fourth-order valence-corrected chi connectivity index (χ4v) is 1.52. The Kier molecular flexibility index (Phi) is 4.87. The van der Waals surface area contributed by atoms with E-state index in [1.165, 1.54) is 12.1 Å². The number of hydrogen-bond donors (Lipinski definition) is 3. The Balaban J connectivity index is 2.79. The SMILES string of the molecule is NC(=O)CN(CC(=O)O)C(=O)Cc1ccccc1O. The van der Waals surface area contributed by atoms with Gasteiger partial charge in [0.1, 0.15) is 12.3 Å². The lowest BCUT2D eigenvalue weighted by Crippen LogP contribution is -2.42. The van der Waals surface area contributed by atoms with Gasteiger partial charge >= 0.3 is 5.97 Å². The average molecular weight is 266 g/mol. The normalized spacial score (nSPS) is 9.89. The molecule has 1 rings (SSSR count). The van der Waals surface area contributed by atoms with E-state index in [4.69, 9.17) is 10.8 Å². The molecular weight excluding hydrogens is 252 g/mol. The van der Waals surface area contributed by atoms with Crippen LogP contribution in [0.15, 0.2) is 24.3 Å². The number of phenols is 1. The molecule has 102 valence electrons. The molecule has 4 N–H and O–H groups in total. The minimum atomic E-state index is -1.24. The maximum absolute atomic E-state index is 11.9. The van der Waals surface area contributed by atoms with Crippen LogP contribution in [0.25, 0.3) is 0 Å². The number of hydrogen-bond acceptors (Lipinski definition) is 4. The predicted octanol–water partition coefficient (Wildman–Crippen LogP) is -0.667. The third-order valence-electron chi connectivity index (χ3n) is 2.36. The molecule has 19 heavy (non-hydrogen) atoms. The number of para-hydroxylation sites is 1. The van der Waals surface area contributed by atoms with Crippen molar-refractivity contribution >= 4 is 17.8 Å². The second-order valence-electron chi connectivity index (χ2n) is 3.92. The molecule has 0 bridgehead atoms. The van der Waals surface area contributed by atoms with Crippen LogP contribution >= 0.6 is 0 Å². The van der Waals surface area contributed by atoms with Crippen LogP contribution in [0.5, 0.6) is 5.75 Å². The Morgan fingerprint density at radius 3 is 2.32 bits per heavy atom. The van der Waals surface area contributed by atoms with Gasteiger partial charge in [-0.15, -0.1) is 0 Å². The number of nitrogens with zero attached hydrogens (tertiary/aromatic N) is 1. The molecule has 1 aromatic carbocycles. The van der Waals surface area contributed by atoms with E-state index in [9.17, 15) is 19.5 Å². The lowest BCUT2D eigenvalue weighted by Gasteiger charge is -2.19. The van der Waals surface area contributed by atoms with E-state index in [0.29, 0.717) is 5.56 Å². The van der Waals surface area contributed by atoms with Crippen LogP contribution in [-0.2, 0) is 20.8 Å². The molecule has 0 radical (unpaired) electrons. The van der Waals surface area contributed by atoms with Crippen LogP contribution in [0.4, 0.5) is 0 Å². The summed E-state index contributed by atoms with van der Waals surface area (Å²) >= 11 is 0. The van der Waals surface area contributed by atoms with E-state index in [0.717, 1.165) is 4.90 Å². The molecule has 7 heteroatoms.